The lowest BCUT2D eigenvalue weighted by Gasteiger charge is -2.34. The van der Waals surface area contributed by atoms with E-state index >= 15 is 0 Å². The molecule has 3 heterocycles. The van der Waals surface area contributed by atoms with Crippen LogP contribution in [0.15, 0.2) is 54.3 Å². The van der Waals surface area contributed by atoms with Crippen LogP contribution in [0.25, 0.3) is 0 Å². The Bertz CT molecular complexity index is 1000. The van der Waals surface area contributed by atoms with Gasteiger partial charge in [-0.05, 0) is 50.0 Å². The van der Waals surface area contributed by atoms with Crippen LogP contribution in [-0.2, 0) is 12.8 Å². The number of aromatic amines is 1. The number of unbranched alkanes of at least 4 members (excludes halogenated alkanes) is 2. The highest BCUT2D eigenvalue weighted by molar-refractivity contribution is 6.00. The summed E-state index contributed by atoms with van der Waals surface area (Å²) in [7, 11) is 0. The van der Waals surface area contributed by atoms with Crippen LogP contribution in [-0.4, -0.2) is 32.2 Å². The summed E-state index contributed by atoms with van der Waals surface area (Å²) in [4.78, 5) is 18.9. The zero-order chi connectivity index (χ0) is 22.9. The van der Waals surface area contributed by atoms with Crippen molar-refractivity contribution < 1.29 is 4.39 Å². The van der Waals surface area contributed by atoms with Crippen LogP contribution in [0.3, 0.4) is 0 Å². The van der Waals surface area contributed by atoms with Gasteiger partial charge in [0, 0.05) is 30.6 Å². The number of hydrogen-bond acceptors (Lipinski definition) is 5. The maximum Gasteiger partial charge on any atom is 0.226 e. The molecule has 32 heavy (non-hydrogen) atoms. The average molecular weight is 437 g/mol. The SMILES string of the molecule is CCC\C=C/C=C(F)\C(C)=C\C(=N)C1c2nc[nH]c2CCN1c1nccc(CCCC)n1. The number of anilines is 1. The lowest BCUT2D eigenvalue weighted by Crippen LogP contribution is -2.40. The monoisotopic (exact) mass is 436 g/mol. The van der Waals surface area contributed by atoms with E-state index in [0.29, 0.717) is 18.1 Å². The zero-order valence-electron chi connectivity index (χ0n) is 19.2. The van der Waals surface area contributed by atoms with E-state index in [1.54, 1.807) is 31.6 Å². The van der Waals surface area contributed by atoms with Crippen molar-refractivity contribution in [1.82, 2.24) is 19.9 Å². The Morgan fingerprint density at radius 2 is 2.16 bits per heavy atom. The van der Waals surface area contributed by atoms with Gasteiger partial charge in [-0.15, -0.1) is 0 Å². The van der Waals surface area contributed by atoms with Gasteiger partial charge in [0.1, 0.15) is 11.9 Å². The molecule has 0 radical (unpaired) electrons. The molecule has 2 aromatic rings. The van der Waals surface area contributed by atoms with Gasteiger partial charge in [-0.2, -0.15) is 0 Å². The van der Waals surface area contributed by atoms with Gasteiger partial charge in [0.15, 0.2) is 0 Å². The molecule has 0 saturated carbocycles. The largest absolute Gasteiger partial charge is 0.348 e. The van der Waals surface area contributed by atoms with E-state index in [-0.39, 0.29) is 11.5 Å². The number of H-pyrrole nitrogens is 1. The minimum Gasteiger partial charge on any atom is -0.348 e. The minimum atomic E-state index is -0.468. The molecule has 0 spiro atoms. The smallest absolute Gasteiger partial charge is 0.226 e. The van der Waals surface area contributed by atoms with E-state index in [2.05, 4.69) is 28.8 Å². The highest BCUT2D eigenvalue weighted by Gasteiger charge is 2.34. The Hall–Kier alpha value is -3.09. The van der Waals surface area contributed by atoms with Gasteiger partial charge >= 0.3 is 0 Å². The first-order valence-electron chi connectivity index (χ1n) is 11.4. The predicted octanol–water partition coefficient (Wildman–Crippen LogP) is 5.82. The second-order valence-electron chi connectivity index (χ2n) is 8.08. The molecule has 7 heteroatoms. The third-order valence-electron chi connectivity index (χ3n) is 5.55. The normalized spacial score (nSPS) is 17.1. The van der Waals surface area contributed by atoms with Crippen molar-refractivity contribution in [1.29, 1.82) is 5.41 Å². The highest BCUT2D eigenvalue weighted by Crippen LogP contribution is 2.32. The number of fused-ring (bicyclic) bond motifs is 1. The molecule has 0 aromatic carbocycles. The van der Waals surface area contributed by atoms with Crippen LogP contribution in [0.4, 0.5) is 10.3 Å². The zero-order valence-corrected chi connectivity index (χ0v) is 19.2. The third kappa shape index (κ3) is 5.78. The molecule has 6 nitrogen and oxygen atoms in total. The van der Waals surface area contributed by atoms with Gasteiger partial charge in [0.05, 0.1) is 17.7 Å². The second-order valence-corrected chi connectivity index (χ2v) is 8.08. The van der Waals surface area contributed by atoms with Gasteiger partial charge in [0.2, 0.25) is 5.95 Å². The Morgan fingerprint density at radius 3 is 2.94 bits per heavy atom. The Labute approximate surface area is 189 Å². The van der Waals surface area contributed by atoms with Gasteiger partial charge in [-0.3, -0.25) is 0 Å². The Morgan fingerprint density at radius 1 is 1.31 bits per heavy atom. The summed E-state index contributed by atoms with van der Waals surface area (Å²) in [6, 6.07) is 1.48. The van der Waals surface area contributed by atoms with E-state index in [1.165, 1.54) is 6.08 Å². The summed E-state index contributed by atoms with van der Waals surface area (Å²) in [5.41, 5.74) is 3.45. The molecular weight excluding hydrogens is 403 g/mol. The molecule has 1 atom stereocenters. The van der Waals surface area contributed by atoms with E-state index in [9.17, 15) is 4.39 Å². The van der Waals surface area contributed by atoms with Crippen LogP contribution in [0.5, 0.6) is 0 Å². The number of nitrogens with one attached hydrogen (secondary N) is 2. The molecule has 2 aromatic heterocycles. The summed E-state index contributed by atoms with van der Waals surface area (Å²) in [5, 5.41) is 8.82. The summed E-state index contributed by atoms with van der Waals surface area (Å²) in [6.07, 6.45) is 15.9. The topological polar surface area (TPSA) is 81.5 Å². The molecule has 1 unspecified atom stereocenters. The van der Waals surface area contributed by atoms with E-state index < -0.39 is 6.04 Å². The summed E-state index contributed by atoms with van der Waals surface area (Å²) >= 11 is 0. The number of aryl methyl sites for hydroxylation is 1. The van der Waals surface area contributed by atoms with Crippen molar-refractivity contribution in [2.45, 2.75) is 65.3 Å². The highest BCUT2D eigenvalue weighted by atomic mass is 19.1. The third-order valence-corrected chi connectivity index (χ3v) is 5.55. The molecule has 170 valence electrons. The minimum absolute atomic E-state index is 0.263. The Balaban J connectivity index is 1.89. The molecule has 0 amide bonds. The number of rotatable bonds is 10. The fourth-order valence-corrected chi connectivity index (χ4v) is 3.76. The van der Waals surface area contributed by atoms with Crippen molar-refractivity contribution >= 4 is 11.7 Å². The molecule has 0 fully saturated rings. The molecule has 2 N–H and O–H groups in total. The van der Waals surface area contributed by atoms with Crippen LogP contribution in [0, 0.1) is 5.41 Å². The maximum absolute atomic E-state index is 14.6. The van der Waals surface area contributed by atoms with Crippen molar-refractivity contribution in [2.24, 2.45) is 0 Å². The first-order chi connectivity index (χ1) is 15.5. The number of aromatic nitrogens is 4. The summed E-state index contributed by atoms with van der Waals surface area (Å²) in [6.45, 7) is 6.59. The van der Waals surface area contributed by atoms with Crippen molar-refractivity contribution in [3.8, 4) is 0 Å². The van der Waals surface area contributed by atoms with E-state index in [0.717, 1.165) is 55.6 Å². The number of halogens is 1. The van der Waals surface area contributed by atoms with Gasteiger partial charge in [-0.25, -0.2) is 19.3 Å². The molecular formula is C25H33FN6. The average Bonchev–Trinajstić information content (AvgIpc) is 3.28. The molecule has 3 rings (SSSR count). The summed E-state index contributed by atoms with van der Waals surface area (Å²) in [5.74, 6) is 0.246. The van der Waals surface area contributed by atoms with Gasteiger partial charge in [0.25, 0.3) is 0 Å². The molecule has 1 aliphatic rings. The van der Waals surface area contributed by atoms with Crippen LogP contribution < -0.4 is 4.90 Å². The lowest BCUT2D eigenvalue weighted by molar-refractivity contribution is 0.643. The number of imidazole rings is 1. The summed E-state index contributed by atoms with van der Waals surface area (Å²) < 4.78 is 14.6. The van der Waals surface area contributed by atoms with Crippen LogP contribution in [0.1, 0.15) is 69.6 Å². The van der Waals surface area contributed by atoms with Crippen molar-refractivity contribution in [2.75, 3.05) is 11.4 Å². The predicted molar refractivity (Wildman–Crippen MR) is 128 cm³/mol. The van der Waals surface area contributed by atoms with Gasteiger partial charge in [-0.1, -0.05) is 38.8 Å². The quantitative estimate of drug-likeness (QED) is 0.363. The maximum atomic E-state index is 14.6. The molecule has 0 aliphatic carbocycles. The van der Waals surface area contributed by atoms with Gasteiger partial charge < -0.3 is 15.3 Å². The van der Waals surface area contributed by atoms with Crippen molar-refractivity contribution in [3.63, 3.8) is 0 Å². The fraction of sp³-hybridized carbons (Fsp3) is 0.440. The Kier molecular flexibility index (Phi) is 8.48. The molecule has 0 bridgehead atoms. The fourth-order valence-electron chi connectivity index (χ4n) is 3.76. The van der Waals surface area contributed by atoms with E-state index in [1.807, 2.05) is 17.0 Å². The standard InChI is InChI=1S/C25H33FN6/c1-4-6-8-9-11-20(26)18(3)16-21(27)24-23-22(29-17-30-23)13-15-32(24)25-28-14-12-19(31-25)10-7-5-2/h8-9,11-12,14,16-17,24,27H,4-7,10,13,15H2,1-3H3,(H,29,30)/b9-8-,18-16+,20-11+,27-21?. The lowest BCUT2D eigenvalue weighted by atomic mass is 9.97. The van der Waals surface area contributed by atoms with Crippen molar-refractivity contribution in [3.05, 3.63) is 71.4 Å². The first kappa shape index (κ1) is 23.6. The number of hydrogen-bond donors (Lipinski definition) is 2. The number of nitrogens with zero attached hydrogens (tertiary/aromatic N) is 4. The molecule has 0 saturated heterocycles. The molecule has 1 aliphatic heterocycles. The van der Waals surface area contributed by atoms with Crippen LogP contribution >= 0.6 is 0 Å². The second kappa shape index (κ2) is 11.5. The first-order valence-corrected chi connectivity index (χ1v) is 11.4. The van der Waals surface area contributed by atoms with Crippen LogP contribution in [0.2, 0.25) is 0 Å². The number of allylic oxidation sites excluding steroid dienone is 5. The van der Waals surface area contributed by atoms with E-state index in [4.69, 9.17) is 10.4 Å².